The molecule has 0 N–H and O–H groups in total. The van der Waals surface area contributed by atoms with E-state index >= 15 is 0 Å². The molecular weight excluding hydrogens is 418 g/mol. The van der Waals surface area contributed by atoms with Crippen LogP contribution >= 0.6 is 0 Å². The highest BCUT2D eigenvalue weighted by atomic mass is 16.6. The monoisotopic (exact) mass is 441 g/mol. The molecule has 1 aromatic heterocycles. The van der Waals surface area contributed by atoms with Crippen LogP contribution in [0.15, 0.2) is 83.7 Å². The number of fused-ring (bicyclic) bond motifs is 2. The number of amides is 1. The van der Waals surface area contributed by atoms with E-state index in [1.54, 1.807) is 41.3 Å². The molecule has 0 spiro atoms. The van der Waals surface area contributed by atoms with Crippen LogP contribution in [0.2, 0.25) is 0 Å². The summed E-state index contributed by atoms with van der Waals surface area (Å²) in [4.78, 5) is 28.4. The Hall–Kier alpha value is -4.13. The maximum Gasteiger partial charge on any atom is 0.279 e. The molecule has 1 aliphatic rings. The second kappa shape index (κ2) is 8.78. The number of rotatable bonds is 5. The van der Waals surface area contributed by atoms with E-state index in [1.165, 1.54) is 4.68 Å². The normalized spacial score (nSPS) is 14.8. The highest BCUT2D eigenvalue weighted by Gasteiger charge is 2.27. The minimum Gasteiger partial charge on any atom is -0.486 e. The minimum absolute atomic E-state index is 0.230. The van der Waals surface area contributed by atoms with Crippen molar-refractivity contribution >= 4 is 16.7 Å². The largest absolute Gasteiger partial charge is 0.486 e. The molecule has 0 saturated carbocycles. The zero-order valence-corrected chi connectivity index (χ0v) is 18.2. The Labute approximate surface area is 190 Å². The van der Waals surface area contributed by atoms with Crippen molar-refractivity contribution in [3.63, 3.8) is 0 Å². The van der Waals surface area contributed by atoms with Gasteiger partial charge in [0.25, 0.3) is 11.5 Å². The number of benzene rings is 3. The first-order chi connectivity index (χ1) is 16.2. The summed E-state index contributed by atoms with van der Waals surface area (Å²) in [5.74, 6) is 1.10. The number of hydrogen-bond acceptors (Lipinski definition) is 5. The summed E-state index contributed by atoms with van der Waals surface area (Å²) in [6.07, 6.45) is -0.310. The molecule has 0 saturated heterocycles. The van der Waals surface area contributed by atoms with Crippen LogP contribution in [-0.4, -0.2) is 46.4 Å². The molecule has 33 heavy (non-hydrogen) atoms. The summed E-state index contributed by atoms with van der Waals surface area (Å²) in [6, 6.07) is 23.7. The maximum atomic E-state index is 13.7. The minimum atomic E-state index is -0.310. The fourth-order valence-electron chi connectivity index (χ4n) is 4.00. The quantitative estimate of drug-likeness (QED) is 0.472. The molecule has 1 unspecified atom stereocenters. The molecule has 166 valence electrons. The van der Waals surface area contributed by atoms with Crippen LogP contribution in [0.25, 0.3) is 16.5 Å². The first-order valence-corrected chi connectivity index (χ1v) is 10.9. The number of para-hydroxylation sites is 3. The first-order valence-electron chi connectivity index (χ1n) is 10.9. The van der Waals surface area contributed by atoms with Gasteiger partial charge in [0.05, 0.1) is 17.6 Å². The molecule has 0 radical (unpaired) electrons. The molecule has 3 aromatic carbocycles. The van der Waals surface area contributed by atoms with Crippen LogP contribution < -0.4 is 15.0 Å². The Morgan fingerprint density at radius 2 is 1.64 bits per heavy atom. The number of hydrogen-bond donors (Lipinski definition) is 0. The lowest BCUT2D eigenvalue weighted by Crippen LogP contribution is -2.44. The Balaban J connectivity index is 1.50. The zero-order chi connectivity index (χ0) is 22.8. The molecule has 0 fully saturated rings. The number of aromatic nitrogens is 2. The summed E-state index contributed by atoms with van der Waals surface area (Å²) >= 11 is 0. The number of carbonyl (C=O) groups excluding carboxylic acids is 1. The van der Waals surface area contributed by atoms with Crippen LogP contribution in [0.1, 0.15) is 17.4 Å². The second-order valence-corrected chi connectivity index (χ2v) is 7.79. The van der Waals surface area contributed by atoms with Crippen molar-refractivity contribution in [2.24, 2.45) is 0 Å². The van der Waals surface area contributed by atoms with E-state index in [4.69, 9.17) is 9.47 Å². The molecule has 1 atom stereocenters. The molecule has 0 aliphatic carbocycles. The lowest BCUT2D eigenvalue weighted by Gasteiger charge is -2.31. The molecule has 1 aliphatic heterocycles. The van der Waals surface area contributed by atoms with Gasteiger partial charge in [0, 0.05) is 11.9 Å². The summed E-state index contributed by atoms with van der Waals surface area (Å²) in [5.41, 5.74) is 0.566. The number of carbonyl (C=O) groups is 1. The molecule has 0 bridgehead atoms. The fraction of sp³-hybridized carbons (Fsp3) is 0.192. The van der Waals surface area contributed by atoms with Crippen molar-refractivity contribution in [2.75, 3.05) is 19.7 Å². The SMILES string of the molecule is CCN(CC1COc2ccccc2O1)C(=O)c1nn(-c2ccccc2)c(=O)c2ccccc12. The topological polar surface area (TPSA) is 73.7 Å². The Morgan fingerprint density at radius 3 is 2.39 bits per heavy atom. The summed E-state index contributed by atoms with van der Waals surface area (Å²) < 4.78 is 13.2. The Morgan fingerprint density at radius 1 is 0.970 bits per heavy atom. The van der Waals surface area contributed by atoms with Crippen molar-refractivity contribution < 1.29 is 14.3 Å². The van der Waals surface area contributed by atoms with Crippen LogP contribution in [0, 0.1) is 0 Å². The van der Waals surface area contributed by atoms with Crippen LogP contribution in [-0.2, 0) is 0 Å². The Kier molecular flexibility index (Phi) is 5.52. The lowest BCUT2D eigenvalue weighted by molar-refractivity contribution is 0.0471. The van der Waals surface area contributed by atoms with Crippen molar-refractivity contribution in [1.82, 2.24) is 14.7 Å². The molecule has 5 rings (SSSR count). The fourth-order valence-corrected chi connectivity index (χ4v) is 4.00. The standard InChI is InChI=1S/C26H23N3O4/c1-2-28(16-19-17-32-22-14-8-9-15-23(22)33-19)26(31)24-20-12-6-7-13-21(20)25(30)29(27-24)18-10-4-3-5-11-18/h3-15,19H,2,16-17H2,1H3. The summed E-state index contributed by atoms with van der Waals surface area (Å²) in [5, 5.41) is 5.49. The number of nitrogens with zero attached hydrogens (tertiary/aromatic N) is 3. The van der Waals surface area contributed by atoms with Gasteiger partial charge in [0.15, 0.2) is 23.3 Å². The van der Waals surface area contributed by atoms with Gasteiger partial charge >= 0.3 is 0 Å². The molecule has 7 heteroatoms. The predicted molar refractivity (Wildman–Crippen MR) is 125 cm³/mol. The van der Waals surface area contributed by atoms with Crippen LogP contribution in [0.5, 0.6) is 11.5 Å². The van der Waals surface area contributed by atoms with Gasteiger partial charge in [-0.3, -0.25) is 9.59 Å². The smallest absolute Gasteiger partial charge is 0.279 e. The number of ether oxygens (including phenoxy) is 2. The summed E-state index contributed by atoms with van der Waals surface area (Å²) in [6.45, 7) is 3.05. The lowest BCUT2D eigenvalue weighted by atomic mass is 10.1. The third kappa shape index (κ3) is 3.93. The first kappa shape index (κ1) is 20.8. The molecular formula is C26H23N3O4. The van der Waals surface area contributed by atoms with Crippen LogP contribution in [0.3, 0.4) is 0 Å². The molecule has 1 amide bonds. The molecule has 7 nitrogen and oxygen atoms in total. The van der Waals surface area contributed by atoms with Gasteiger partial charge in [-0.1, -0.05) is 48.5 Å². The van der Waals surface area contributed by atoms with Crippen molar-refractivity contribution in [3.05, 3.63) is 94.9 Å². The van der Waals surface area contributed by atoms with E-state index in [9.17, 15) is 9.59 Å². The highest BCUT2D eigenvalue weighted by molar-refractivity contribution is 6.04. The van der Waals surface area contributed by atoms with Crippen molar-refractivity contribution in [3.8, 4) is 17.2 Å². The zero-order valence-electron chi connectivity index (χ0n) is 18.2. The number of likely N-dealkylation sites (N-methyl/N-ethyl adjacent to an activating group) is 1. The van der Waals surface area contributed by atoms with E-state index < -0.39 is 0 Å². The average Bonchev–Trinajstić information content (AvgIpc) is 2.87. The average molecular weight is 441 g/mol. The second-order valence-electron chi connectivity index (χ2n) is 7.79. The van der Waals surface area contributed by atoms with Gasteiger partial charge in [-0.2, -0.15) is 9.78 Å². The van der Waals surface area contributed by atoms with E-state index in [0.29, 0.717) is 47.7 Å². The maximum absolute atomic E-state index is 13.7. The van der Waals surface area contributed by atoms with E-state index in [1.807, 2.05) is 49.4 Å². The predicted octanol–water partition coefficient (Wildman–Crippen LogP) is 3.69. The third-order valence-corrected chi connectivity index (χ3v) is 5.67. The third-order valence-electron chi connectivity index (χ3n) is 5.67. The van der Waals surface area contributed by atoms with E-state index in [0.717, 1.165) is 0 Å². The molecule has 2 heterocycles. The van der Waals surface area contributed by atoms with E-state index in [-0.39, 0.29) is 23.3 Å². The van der Waals surface area contributed by atoms with Gasteiger partial charge in [0.2, 0.25) is 0 Å². The molecule has 4 aromatic rings. The van der Waals surface area contributed by atoms with Gasteiger partial charge in [-0.15, -0.1) is 0 Å². The van der Waals surface area contributed by atoms with Crippen molar-refractivity contribution in [2.45, 2.75) is 13.0 Å². The van der Waals surface area contributed by atoms with Crippen LogP contribution in [0.4, 0.5) is 0 Å². The summed E-state index contributed by atoms with van der Waals surface area (Å²) in [7, 11) is 0. The highest BCUT2D eigenvalue weighted by Crippen LogP contribution is 2.31. The van der Waals surface area contributed by atoms with Crippen molar-refractivity contribution in [1.29, 1.82) is 0 Å². The van der Waals surface area contributed by atoms with Gasteiger partial charge in [-0.25, -0.2) is 0 Å². The Bertz CT molecular complexity index is 1370. The van der Waals surface area contributed by atoms with Gasteiger partial charge < -0.3 is 14.4 Å². The van der Waals surface area contributed by atoms with Gasteiger partial charge in [-0.05, 0) is 37.3 Å². The van der Waals surface area contributed by atoms with E-state index in [2.05, 4.69) is 5.10 Å². The van der Waals surface area contributed by atoms with Gasteiger partial charge in [0.1, 0.15) is 6.61 Å².